The first-order valence-electron chi connectivity index (χ1n) is 7.02. The Morgan fingerprint density at radius 3 is 2.94 bits per heavy atom. The highest BCUT2D eigenvalue weighted by Crippen LogP contribution is 2.26. The molecule has 2 unspecified atom stereocenters. The Hall–Kier alpha value is -0.890. The lowest BCUT2D eigenvalue weighted by Gasteiger charge is -2.25. The van der Waals surface area contributed by atoms with Gasteiger partial charge in [-0.05, 0) is 43.4 Å². The summed E-state index contributed by atoms with van der Waals surface area (Å²) in [6, 6.07) is 4.97. The molecule has 1 heterocycles. The zero-order valence-corrected chi connectivity index (χ0v) is 10.9. The van der Waals surface area contributed by atoms with Crippen molar-refractivity contribution in [3.8, 4) is 0 Å². The van der Waals surface area contributed by atoms with Crippen LogP contribution in [-0.4, -0.2) is 17.6 Å². The number of hydrogen-bond acceptors (Lipinski definition) is 2. The van der Waals surface area contributed by atoms with Crippen molar-refractivity contribution in [2.45, 2.75) is 51.5 Å². The van der Waals surface area contributed by atoms with E-state index in [9.17, 15) is 0 Å². The minimum atomic E-state index is 0.711. The van der Waals surface area contributed by atoms with Crippen molar-refractivity contribution >= 4 is 0 Å². The third-order valence-electron chi connectivity index (χ3n) is 3.85. The molecule has 0 aliphatic heterocycles. The van der Waals surface area contributed by atoms with E-state index in [1.54, 1.807) is 0 Å². The first kappa shape index (κ1) is 12.6. The van der Waals surface area contributed by atoms with Gasteiger partial charge in [-0.25, -0.2) is 0 Å². The fourth-order valence-corrected chi connectivity index (χ4v) is 2.98. The summed E-state index contributed by atoms with van der Waals surface area (Å²) < 4.78 is 0. The van der Waals surface area contributed by atoms with E-state index in [1.807, 2.05) is 18.5 Å². The lowest BCUT2D eigenvalue weighted by molar-refractivity contribution is 0.337. The molecule has 0 radical (unpaired) electrons. The molecular weight excluding hydrogens is 208 g/mol. The Balaban J connectivity index is 1.99. The van der Waals surface area contributed by atoms with Crippen LogP contribution in [0.15, 0.2) is 24.5 Å². The quantitative estimate of drug-likeness (QED) is 0.806. The standard InChI is InChI=1S/C15H24N2/c1-2-17-15-9-5-3-4-8-14(15)11-13-7-6-10-16-12-13/h6-7,10,12,14-15,17H,2-5,8-9,11H2,1H3. The molecule has 94 valence electrons. The van der Waals surface area contributed by atoms with E-state index in [4.69, 9.17) is 0 Å². The molecule has 1 aromatic rings. The fraction of sp³-hybridized carbons (Fsp3) is 0.667. The first-order valence-corrected chi connectivity index (χ1v) is 7.02. The van der Waals surface area contributed by atoms with Gasteiger partial charge in [0.2, 0.25) is 0 Å². The van der Waals surface area contributed by atoms with E-state index in [0.29, 0.717) is 6.04 Å². The molecule has 17 heavy (non-hydrogen) atoms. The van der Waals surface area contributed by atoms with Crippen molar-refractivity contribution < 1.29 is 0 Å². The lowest BCUT2D eigenvalue weighted by Crippen LogP contribution is -2.36. The SMILES string of the molecule is CCNC1CCCCCC1Cc1cccnc1. The van der Waals surface area contributed by atoms with E-state index in [-0.39, 0.29) is 0 Å². The Kier molecular flexibility index (Phi) is 4.99. The molecule has 2 rings (SSSR count). The second-order valence-corrected chi connectivity index (χ2v) is 5.13. The predicted molar refractivity (Wildman–Crippen MR) is 72.0 cm³/mol. The monoisotopic (exact) mass is 232 g/mol. The third-order valence-corrected chi connectivity index (χ3v) is 3.85. The van der Waals surface area contributed by atoms with E-state index in [1.165, 1.54) is 44.1 Å². The molecule has 1 saturated carbocycles. The Morgan fingerprint density at radius 1 is 1.29 bits per heavy atom. The molecule has 1 aromatic heterocycles. The van der Waals surface area contributed by atoms with Crippen LogP contribution in [0.4, 0.5) is 0 Å². The number of aromatic nitrogens is 1. The van der Waals surface area contributed by atoms with Crippen molar-refractivity contribution in [3.63, 3.8) is 0 Å². The van der Waals surface area contributed by atoms with Crippen LogP contribution in [0.5, 0.6) is 0 Å². The van der Waals surface area contributed by atoms with Crippen LogP contribution in [0.3, 0.4) is 0 Å². The zero-order chi connectivity index (χ0) is 11.9. The van der Waals surface area contributed by atoms with Gasteiger partial charge in [0.05, 0.1) is 0 Å². The number of rotatable bonds is 4. The molecule has 0 amide bonds. The molecule has 2 heteroatoms. The summed E-state index contributed by atoms with van der Waals surface area (Å²) in [5.74, 6) is 0.793. The second-order valence-electron chi connectivity index (χ2n) is 5.13. The topological polar surface area (TPSA) is 24.9 Å². The molecule has 0 aromatic carbocycles. The number of nitrogens with one attached hydrogen (secondary N) is 1. The average Bonchev–Trinajstić information content (AvgIpc) is 2.57. The van der Waals surface area contributed by atoms with Crippen LogP contribution < -0.4 is 5.32 Å². The molecule has 0 bridgehead atoms. The third kappa shape index (κ3) is 3.81. The lowest BCUT2D eigenvalue weighted by atomic mass is 9.89. The van der Waals surface area contributed by atoms with Crippen LogP contribution in [-0.2, 0) is 6.42 Å². The van der Waals surface area contributed by atoms with Crippen molar-refractivity contribution in [1.82, 2.24) is 10.3 Å². The molecule has 1 aliphatic rings. The van der Waals surface area contributed by atoms with Gasteiger partial charge in [-0.1, -0.05) is 32.3 Å². The number of hydrogen-bond donors (Lipinski definition) is 1. The van der Waals surface area contributed by atoms with Gasteiger partial charge in [-0.3, -0.25) is 4.98 Å². The van der Waals surface area contributed by atoms with Gasteiger partial charge in [0.15, 0.2) is 0 Å². The summed E-state index contributed by atoms with van der Waals surface area (Å²) in [7, 11) is 0. The summed E-state index contributed by atoms with van der Waals surface area (Å²) in [4.78, 5) is 4.22. The van der Waals surface area contributed by atoms with E-state index < -0.39 is 0 Å². The number of pyridine rings is 1. The maximum Gasteiger partial charge on any atom is 0.0299 e. The van der Waals surface area contributed by atoms with Gasteiger partial charge in [0.1, 0.15) is 0 Å². The number of nitrogens with zero attached hydrogens (tertiary/aromatic N) is 1. The van der Waals surface area contributed by atoms with Crippen molar-refractivity contribution in [2.24, 2.45) is 5.92 Å². The smallest absolute Gasteiger partial charge is 0.0299 e. The van der Waals surface area contributed by atoms with Crippen LogP contribution in [0.25, 0.3) is 0 Å². The summed E-state index contributed by atoms with van der Waals surface area (Å²) in [6.45, 7) is 3.31. The van der Waals surface area contributed by atoms with Gasteiger partial charge in [0, 0.05) is 18.4 Å². The largest absolute Gasteiger partial charge is 0.314 e. The van der Waals surface area contributed by atoms with Gasteiger partial charge >= 0.3 is 0 Å². The highest BCUT2D eigenvalue weighted by atomic mass is 14.9. The predicted octanol–water partition coefficient (Wildman–Crippen LogP) is 3.18. The van der Waals surface area contributed by atoms with Crippen molar-refractivity contribution in [2.75, 3.05) is 6.54 Å². The molecule has 1 N–H and O–H groups in total. The molecule has 2 atom stereocenters. The van der Waals surface area contributed by atoms with E-state index in [2.05, 4.69) is 23.3 Å². The molecule has 0 saturated heterocycles. The normalized spacial score (nSPS) is 25.5. The molecule has 2 nitrogen and oxygen atoms in total. The first-order chi connectivity index (χ1) is 8.40. The van der Waals surface area contributed by atoms with E-state index >= 15 is 0 Å². The summed E-state index contributed by atoms with van der Waals surface area (Å²) in [5.41, 5.74) is 1.39. The van der Waals surface area contributed by atoms with Crippen LogP contribution >= 0.6 is 0 Å². The van der Waals surface area contributed by atoms with Gasteiger partial charge < -0.3 is 5.32 Å². The minimum absolute atomic E-state index is 0.711. The highest BCUT2D eigenvalue weighted by molar-refractivity contribution is 5.10. The van der Waals surface area contributed by atoms with Crippen molar-refractivity contribution in [3.05, 3.63) is 30.1 Å². The Morgan fingerprint density at radius 2 is 2.18 bits per heavy atom. The Bertz CT molecular complexity index is 310. The van der Waals surface area contributed by atoms with Gasteiger partial charge in [-0.15, -0.1) is 0 Å². The minimum Gasteiger partial charge on any atom is -0.314 e. The van der Waals surface area contributed by atoms with Gasteiger partial charge in [0.25, 0.3) is 0 Å². The molecule has 1 fully saturated rings. The van der Waals surface area contributed by atoms with Crippen molar-refractivity contribution in [1.29, 1.82) is 0 Å². The fourth-order valence-electron chi connectivity index (χ4n) is 2.98. The average molecular weight is 232 g/mol. The second kappa shape index (κ2) is 6.75. The van der Waals surface area contributed by atoms with Crippen LogP contribution in [0.1, 0.15) is 44.6 Å². The Labute approximate surface area is 105 Å². The van der Waals surface area contributed by atoms with Crippen LogP contribution in [0.2, 0.25) is 0 Å². The van der Waals surface area contributed by atoms with Gasteiger partial charge in [-0.2, -0.15) is 0 Å². The highest BCUT2D eigenvalue weighted by Gasteiger charge is 2.22. The maximum absolute atomic E-state index is 4.22. The summed E-state index contributed by atoms with van der Waals surface area (Å²) in [6.07, 6.45) is 12.0. The summed E-state index contributed by atoms with van der Waals surface area (Å²) >= 11 is 0. The zero-order valence-electron chi connectivity index (χ0n) is 10.9. The maximum atomic E-state index is 4.22. The molecule has 1 aliphatic carbocycles. The van der Waals surface area contributed by atoms with Crippen LogP contribution in [0, 0.1) is 5.92 Å². The van der Waals surface area contributed by atoms with E-state index in [0.717, 1.165) is 12.5 Å². The molecule has 0 spiro atoms. The molecular formula is C15H24N2. The summed E-state index contributed by atoms with van der Waals surface area (Å²) in [5, 5.41) is 3.67.